The predicted octanol–water partition coefficient (Wildman–Crippen LogP) is 10.2. The zero-order valence-corrected chi connectivity index (χ0v) is 25.1. The number of aryl methyl sites for hydroxylation is 4. The number of benzene rings is 3. The average molecular weight is 513 g/mol. The minimum Gasteiger partial charge on any atom is -0.294 e. The second-order valence-electron chi connectivity index (χ2n) is 10.7. The average Bonchev–Trinajstić information content (AvgIpc) is 2.87. The monoisotopic (exact) mass is 512 g/mol. The van der Waals surface area contributed by atoms with Gasteiger partial charge >= 0.3 is 0 Å². The Morgan fingerprint density at radius 2 is 1.45 bits per heavy atom. The number of aromatic nitrogens is 1. The highest BCUT2D eigenvalue weighted by molar-refractivity contribution is 6.08. The third-order valence-corrected chi connectivity index (χ3v) is 7.41. The van der Waals surface area contributed by atoms with Crippen LogP contribution in [0.15, 0.2) is 54.1 Å². The van der Waals surface area contributed by atoms with Crippen LogP contribution in [0.25, 0.3) is 27.4 Å². The lowest BCUT2D eigenvalue weighted by Gasteiger charge is -2.31. The van der Waals surface area contributed by atoms with Gasteiger partial charge in [-0.05, 0) is 75.3 Å². The van der Waals surface area contributed by atoms with Crippen LogP contribution in [0.1, 0.15) is 94.2 Å². The lowest BCUT2D eigenvalue weighted by atomic mass is 9.83. The van der Waals surface area contributed by atoms with Crippen LogP contribution in [0, 0.1) is 33.1 Å². The Kier molecular flexibility index (Phi) is 9.02. The van der Waals surface area contributed by atoms with Gasteiger partial charge in [0, 0.05) is 28.3 Å². The van der Waals surface area contributed by atoms with E-state index in [4.69, 9.17) is 0 Å². The van der Waals surface area contributed by atoms with Gasteiger partial charge in [-0.25, -0.2) is 4.39 Å². The molecule has 3 aromatic carbocycles. The van der Waals surface area contributed by atoms with E-state index < -0.39 is 5.67 Å². The maximum Gasteiger partial charge on any atom is 0.138 e. The van der Waals surface area contributed by atoms with Gasteiger partial charge in [-0.2, -0.15) is 0 Å². The van der Waals surface area contributed by atoms with Crippen LogP contribution in [-0.4, -0.2) is 4.57 Å². The maximum absolute atomic E-state index is 16.3. The standard InChI is InChI=1S/C29H29FN2.C4H10.C2H6/c1-16-10-11-21-22-8-7-9-23-26(22)28(31)32(24(21)14-16)27(20(5)15-29(23,6)30)25-18(3)12-17(2)13-19(25)4;1-3-4-2;1-2/h7-14,31H,15H2,1-6H3;3-4H2,1-2H3;1-2H3/b27-20-,31-28?;;. The van der Waals surface area contributed by atoms with Crippen LogP contribution >= 0.6 is 0 Å². The van der Waals surface area contributed by atoms with Gasteiger partial charge in [0.15, 0.2) is 0 Å². The molecule has 0 radical (unpaired) electrons. The first-order valence-corrected chi connectivity index (χ1v) is 14.1. The fourth-order valence-corrected chi connectivity index (χ4v) is 5.73. The zero-order chi connectivity index (χ0) is 28.4. The van der Waals surface area contributed by atoms with Crippen molar-refractivity contribution in [2.75, 3.05) is 0 Å². The number of halogens is 1. The lowest BCUT2D eigenvalue weighted by Crippen LogP contribution is -2.29. The molecule has 1 atom stereocenters. The molecule has 0 fully saturated rings. The van der Waals surface area contributed by atoms with Gasteiger partial charge in [-0.3, -0.25) is 9.98 Å². The van der Waals surface area contributed by atoms with Gasteiger partial charge in [-0.15, -0.1) is 0 Å². The summed E-state index contributed by atoms with van der Waals surface area (Å²) >= 11 is 0. The number of nitrogens with one attached hydrogen (secondary N) is 1. The molecule has 3 heteroatoms. The minimum atomic E-state index is -1.56. The van der Waals surface area contributed by atoms with Gasteiger partial charge < -0.3 is 0 Å². The van der Waals surface area contributed by atoms with Gasteiger partial charge in [0.25, 0.3) is 0 Å². The van der Waals surface area contributed by atoms with Crippen molar-refractivity contribution in [1.82, 2.24) is 4.57 Å². The summed E-state index contributed by atoms with van der Waals surface area (Å²) in [6.07, 6.45) is 2.93. The van der Waals surface area contributed by atoms with Crippen molar-refractivity contribution in [3.05, 3.63) is 93.0 Å². The van der Waals surface area contributed by atoms with Gasteiger partial charge in [-0.1, -0.05) is 88.6 Å². The molecular formula is C35H45FN2. The number of rotatable bonds is 2. The molecule has 2 heterocycles. The molecule has 4 aromatic rings. The molecule has 0 amide bonds. The Hall–Kier alpha value is -3.20. The molecule has 1 aromatic heterocycles. The quantitative estimate of drug-likeness (QED) is 0.259. The van der Waals surface area contributed by atoms with Crippen LogP contribution in [-0.2, 0) is 5.67 Å². The van der Waals surface area contributed by atoms with Crippen molar-refractivity contribution in [1.29, 1.82) is 5.41 Å². The molecule has 38 heavy (non-hydrogen) atoms. The van der Waals surface area contributed by atoms with Crippen LogP contribution in [0.3, 0.4) is 0 Å². The Balaban J connectivity index is 0.000000612. The predicted molar refractivity (Wildman–Crippen MR) is 164 cm³/mol. The molecule has 5 rings (SSSR count). The van der Waals surface area contributed by atoms with E-state index in [1.807, 2.05) is 39.0 Å². The topological polar surface area (TPSA) is 28.8 Å². The Morgan fingerprint density at radius 3 is 2.03 bits per heavy atom. The van der Waals surface area contributed by atoms with Gasteiger partial charge in [0.1, 0.15) is 11.2 Å². The Labute approximate surface area is 228 Å². The molecule has 0 saturated carbocycles. The minimum absolute atomic E-state index is 0.288. The SMILES string of the molecule is C/C1=C(\c2c(C)cc(C)cc2C)n2c(=N)c3c(cccc3c3ccc(C)cc32)C(C)(F)C1.CC.CCCC. The molecule has 1 aliphatic heterocycles. The first kappa shape index (κ1) is 29.4. The van der Waals surface area contributed by atoms with E-state index in [0.29, 0.717) is 16.4 Å². The summed E-state index contributed by atoms with van der Waals surface area (Å²) in [5.74, 6) is 0. The second kappa shape index (κ2) is 11.7. The first-order valence-electron chi connectivity index (χ1n) is 14.1. The molecule has 0 spiro atoms. The van der Waals surface area contributed by atoms with Gasteiger partial charge in [0.2, 0.25) is 0 Å². The van der Waals surface area contributed by atoms with Crippen molar-refractivity contribution < 1.29 is 4.39 Å². The van der Waals surface area contributed by atoms with Crippen LogP contribution in [0.2, 0.25) is 0 Å². The van der Waals surface area contributed by atoms with E-state index in [1.165, 1.54) is 18.4 Å². The number of pyridine rings is 1. The number of hydrogen-bond acceptors (Lipinski definition) is 1. The second-order valence-corrected chi connectivity index (χ2v) is 10.7. The highest BCUT2D eigenvalue weighted by Gasteiger charge is 2.33. The molecular weight excluding hydrogens is 467 g/mol. The number of fused-ring (bicyclic) bond motifs is 4. The summed E-state index contributed by atoms with van der Waals surface area (Å²) in [6, 6.07) is 16.5. The van der Waals surface area contributed by atoms with E-state index >= 15 is 4.39 Å². The summed E-state index contributed by atoms with van der Waals surface area (Å²) in [6.45, 7) is 20.5. The van der Waals surface area contributed by atoms with Crippen molar-refractivity contribution in [3.63, 3.8) is 0 Å². The molecule has 2 bridgehead atoms. The molecule has 202 valence electrons. The smallest absolute Gasteiger partial charge is 0.138 e. The number of unbranched alkanes of at least 4 members (excludes halogenated alkanes) is 1. The third-order valence-electron chi connectivity index (χ3n) is 7.41. The lowest BCUT2D eigenvalue weighted by molar-refractivity contribution is 0.193. The first-order chi connectivity index (χ1) is 18.0. The number of hydrogen-bond donors (Lipinski definition) is 1. The zero-order valence-electron chi connectivity index (χ0n) is 25.1. The normalized spacial score (nSPS) is 18.4. The Bertz CT molecular complexity index is 1540. The molecule has 1 unspecified atom stereocenters. The number of allylic oxidation sites excluding steroid dienone is 1. The fraction of sp³-hybridized carbons (Fsp3) is 0.400. The van der Waals surface area contributed by atoms with Gasteiger partial charge in [0.05, 0.1) is 11.2 Å². The number of alkyl halides is 1. The van der Waals surface area contributed by atoms with Crippen molar-refractivity contribution in [2.45, 2.75) is 94.2 Å². The molecule has 0 aliphatic carbocycles. The summed E-state index contributed by atoms with van der Waals surface area (Å²) in [5.41, 5.74) is 8.05. The molecule has 1 N–H and O–H groups in total. The van der Waals surface area contributed by atoms with Crippen LogP contribution in [0.4, 0.5) is 4.39 Å². The van der Waals surface area contributed by atoms with Crippen LogP contribution in [0.5, 0.6) is 0 Å². The van der Waals surface area contributed by atoms with Crippen LogP contribution < -0.4 is 5.49 Å². The highest BCUT2D eigenvalue weighted by Crippen LogP contribution is 2.43. The van der Waals surface area contributed by atoms with E-state index in [0.717, 1.165) is 49.8 Å². The highest BCUT2D eigenvalue weighted by atomic mass is 19.1. The fourth-order valence-electron chi connectivity index (χ4n) is 5.73. The summed E-state index contributed by atoms with van der Waals surface area (Å²) < 4.78 is 18.4. The maximum atomic E-state index is 16.3. The van der Waals surface area contributed by atoms with Crippen molar-refractivity contribution in [3.8, 4) is 0 Å². The van der Waals surface area contributed by atoms with E-state index in [-0.39, 0.29) is 6.42 Å². The van der Waals surface area contributed by atoms with E-state index in [2.05, 4.69) is 76.4 Å². The molecule has 0 saturated heterocycles. The summed E-state index contributed by atoms with van der Waals surface area (Å²) in [4.78, 5) is 0. The molecule has 1 aliphatic rings. The Morgan fingerprint density at radius 1 is 0.842 bits per heavy atom. The van der Waals surface area contributed by atoms with Crippen molar-refractivity contribution >= 4 is 27.4 Å². The summed E-state index contributed by atoms with van der Waals surface area (Å²) in [7, 11) is 0. The summed E-state index contributed by atoms with van der Waals surface area (Å²) in [5, 5.41) is 12.1. The number of nitrogens with zero attached hydrogens (tertiary/aromatic N) is 1. The largest absolute Gasteiger partial charge is 0.294 e. The van der Waals surface area contributed by atoms with E-state index in [1.54, 1.807) is 6.92 Å². The van der Waals surface area contributed by atoms with E-state index in [9.17, 15) is 5.41 Å². The molecule has 2 nitrogen and oxygen atoms in total. The third kappa shape index (κ3) is 5.21. The van der Waals surface area contributed by atoms with Crippen molar-refractivity contribution in [2.24, 2.45) is 0 Å².